The van der Waals surface area contributed by atoms with Crippen LogP contribution in [0.3, 0.4) is 0 Å². The fourth-order valence-corrected chi connectivity index (χ4v) is 1.68. The number of nitriles is 1. The van der Waals surface area contributed by atoms with Crippen molar-refractivity contribution in [2.75, 3.05) is 0 Å². The predicted octanol–water partition coefficient (Wildman–Crippen LogP) is 3.82. The van der Waals surface area contributed by atoms with E-state index in [1.807, 2.05) is 0 Å². The summed E-state index contributed by atoms with van der Waals surface area (Å²) in [5, 5.41) is 9.86. The Bertz CT molecular complexity index is 346. The van der Waals surface area contributed by atoms with Crippen LogP contribution in [0.1, 0.15) is 5.56 Å². The molecule has 1 aromatic carbocycles. The summed E-state index contributed by atoms with van der Waals surface area (Å²) in [5.74, 6) is 0. The molecule has 0 heterocycles. The molecule has 1 nitrogen and oxygen atoms in total. The average Bonchev–Trinajstić information content (AvgIpc) is 2.11. The predicted molar refractivity (Wildman–Crippen MR) is 58.5 cm³/mol. The van der Waals surface area contributed by atoms with Gasteiger partial charge in [-0.1, -0.05) is 39.1 Å². The van der Waals surface area contributed by atoms with Crippen molar-refractivity contribution >= 4 is 39.1 Å². The van der Waals surface area contributed by atoms with Crippen molar-refractivity contribution in [1.29, 1.82) is 5.26 Å². The van der Waals surface area contributed by atoms with Crippen molar-refractivity contribution < 1.29 is 0 Å². The number of rotatable bonds is 2. The van der Waals surface area contributed by atoms with Gasteiger partial charge in [-0.25, -0.2) is 0 Å². The first-order valence-electron chi connectivity index (χ1n) is 3.61. The molecule has 0 unspecified atom stereocenters. The fourth-order valence-electron chi connectivity index (χ4n) is 0.938. The van der Waals surface area contributed by atoms with Gasteiger partial charge in [0.25, 0.3) is 0 Å². The Morgan fingerprint density at radius 3 is 2.77 bits per heavy atom. The van der Waals surface area contributed by atoms with Gasteiger partial charge in [0.05, 0.1) is 6.07 Å². The molecule has 0 aromatic heterocycles. The van der Waals surface area contributed by atoms with E-state index in [0.29, 0.717) is 16.5 Å². The third-order valence-electron chi connectivity index (χ3n) is 1.55. The summed E-state index contributed by atoms with van der Waals surface area (Å²) in [7, 11) is 0. The van der Waals surface area contributed by atoms with Crippen molar-refractivity contribution in [3.63, 3.8) is 0 Å². The molecule has 0 amide bonds. The molecule has 0 N–H and O–H groups in total. The highest BCUT2D eigenvalue weighted by atomic mass is 79.9. The zero-order valence-electron chi connectivity index (χ0n) is 6.60. The van der Waals surface area contributed by atoms with Crippen LogP contribution in [0, 0.1) is 11.3 Å². The van der Waals surface area contributed by atoms with E-state index in [1.165, 1.54) is 0 Å². The number of halogens is 3. The Morgan fingerprint density at radius 1 is 1.46 bits per heavy atom. The van der Waals surface area contributed by atoms with E-state index in [-0.39, 0.29) is 4.83 Å². The second-order valence-corrected chi connectivity index (χ2v) is 4.49. The van der Waals surface area contributed by atoms with Crippen LogP contribution in [-0.4, -0.2) is 4.83 Å². The average molecular weight is 279 g/mol. The van der Waals surface area contributed by atoms with Crippen LogP contribution in [0.25, 0.3) is 0 Å². The standard InChI is InChI=1S/C9H6BrCl2N/c10-7(5-13)3-6-4-8(11)1-2-9(6)12/h1-2,4,7H,3H2/t7-/m1/s1. The van der Waals surface area contributed by atoms with Gasteiger partial charge in [0, 0.05) is 10.0 Å². The van der Waals surface area contributed by atoms with Crippen LogP contribution >= 0.6 is 39.1 Å². The molecule has 0 aliphatic carbocycles. The topological polar surface area (TPSA) is 23.8 Å². The summed E-state index contributed by atoms with van der Waals surface area (Å²) in [4.78, 5) is -0.219. The van der Waals surface area contributed by atoms with E-state index in [4.69, 9.17) is 28.5 Å². The normalized spacial score (nSPS) is 12.2. The van der Waals surface area contributed by atoms with E-state index < -0.39 is 0 Å². The van der Waals surface area contributed by atoms with Gasteiger partial charge in [0.1, 0.15) is 4.83 Å². The molecular weight excluding hydrogens is 273 g/mol. The van der Waals surface area contributed by atoms with Crippen molar-refractivity contribution in [3.05, 3.63) is 33.8 Å². The number of benzene rings is 1. The van der Waals surface area contributed by atoms with E-state index in [9.17, 15) is 0 Å². The largest absolute Gasteiger partial charge is 0.197 e. The SMILES string of the molecule is N#C[C@H](Br)Cc1cc(Cl)ccc1Cl. The summed E-state index contributed by atoms with van der Waals surface area (Å²) in [6.45, 7) is 0. The quantitative estimate of drug-likeness (QED) is 0.755. The van der Waals surface area contributed by atoms with Crippen LogP contribution in [-0.2, 0) is 6.42 Å². The molecule has 0 saturated carbocycles. The summed E-state index contributed by atoms with van der Waals surface area (Å²) in [6, 6.07) is 7.31. The molecular formula is C9H6BrCl2N. The maximum atomic E-state index is 8.58. The lowest BCUT2D eigenvalue weighted by molar-refractivity contribution is 1.04. The third kappa shape index (κ3) is 3.19. The molecule has 0 aliphatic heterocycles. The molecule has 0 spiro atoms. The van der Waals surface area contributed by atoms with Gasteiger partial charge in [-0.15, -0.1) is 0 Å². The zero-order valence-corrected chi connectivity index (χ0v) is 9.70. The van der Waals surface area contributed by atoms with E-state index in [1.54, 1.807) is 18.2 Å². The number of nitrogens with zero attached hydrogens (tertiary/aromatic N) is 1. The van der Waals surface area contributed by atoms with Gasteiger partial charge in [-0.3, -0.25) is 0 Å². The Labute approximate surface area is 95.4 Å². The van der Waals surface area contributed by atoms with Crippen molar-refractivity contribution in [2.24, 2.45) is 0 Å². The van der Waals surface area contributed by atoms with E-state index in [2.05, 4.69) is 22.0 Å². The summed E-state index contributed by atoms with van der Waals surface area (Å²) in [5.41, 5.74) is 0.887. The van der Waals surface area contributed by atoms with Gasteiger partial charge in [0.15, 0.2) is 0 Å². The number of alkyl halides is 1. The molecule has 0 aliphatic rings. The first kappa shape index (κ1) is 10.8. The zero-order chi connectivity index (χ0) is 9.84. The molecule has 0 fully saturated rings. The minimum atomic E-state index is -0.219. The first-order valence-corrected chi connectivity index (χ1v) is 5.28. The maximum Gasteiger partial charge on any atom is 0.105 e. The Morgan fingerprint density at radius 2 is 2.15 bits per heavy atom. The van der Waals surface area contributed by atoms with Gasteiger partial charge in [-0.2, -0.15) is 5.26 Å². The first-order chi connectivity index (χ1) is 6.13. The monoisotopic (exact) mass is 277 g/mol. The van der Waals surface area contributed by atoms with Gasteiger partial charge in [0.2, 0.25) is 0 Å². The Kier molecular flexibility index (Phi) is 4.05. The van der Waals surface area contributed by atoms with Gasteiger partial charge >= 0.3 is 0 Å². The van der Waals surface area contributed by atoms with Crippen LogP contribution in [0.4, 0.5) is 0 Å². The minimum Gasteiger partial charge on any atom is -0.197 e. The molecule has 0 radical (unpaired) electrons. The molecule has 0 saturated heterocycles. The van der Waals surface area contributed by atoms with E-state index in [0.717, 1.165) is 5.56 Å². The second-order valence-electron chi connectivity index (χ2n) is 2.54. The summed E-state index contributed by atoms with van der Waals surface area (Å²) >= 11 is 14.9. The lowest BCUT2D eigenvalue weighted by Crippen LogP contribution is -1.99. The highest BCUT2D eigenvalue weighted by molar-refractivity contribution is 9.09. The van der Waals surface area contributed by atoms with Crippen LogP contribution < -0.4 is 0 Å². The maximum absolute atomic E-state index is 8.58. The second kappa shape index (κ2) is 4.85. The third-order valence-corrected chi connectivity index (χ3v) is 2.68. The van der Waals surface area contributed by atoms with Crippen LogP contribution in [0.5, 0.6) is 0 Å². The molecule has 1 aromatic rings. The lowest BCUT2D eigenvalue weighted by Gasteiger charge is -2.04. The highest BCUT2D eigenvalue weighted by Gasteiger charge is 2.07. The van der Waals surface area contributed by atoms with Gasteiger partial charge < -0.3 is 0 Å². The smallest absolute Gasteiger partial charge is 0.105 e. The minimum absolute atomic E-state index is 0.219. The molecule has 13 heavy (non-hydrogen) atoms. The van der Waals surface area contributed by atoms with Gasteiger partial charge in [-0.05, 0) is 30.2 Å². The number of hydrogen-bond donors (Lipinski definition) is 0. The summed E-state index contributed by atoms with van der Waals surface area (Å²) < 4.78 is 0. The van der Waals surface area contributed by atoms with Crippen molar-refractivity contribution in [3.8, 4) is 6.07 Å². The highest BCUT2D eigenvalue weighted by Crippen LogP contribution is 2.23. The van der Waals surface area contributed by atoms with E-state index >= 15 is 0 Å². The molecule has 68 valence electrons. The molecule has 4 heteroatoms. The Hall–Kier alpha value is -0.230. The molecule has 0 bridgehead atoms. The van der Waals surface area contributed by atoms with Crippen LogP contribution in [0.15, 0.2) is 18.2 Å². The fraction of sp³-hybridized carbons (Fsp3) is 0.222. The van der Waals surface area contributed by atoms with Crippen LogP contribution in [0.2, 0.25) is 10.0 Å². The molecule has 1 rings (SSSR count). The summed E-state index contributed by atoms with van der Waals surface area (Å²) in [6.07, 6.45) is 0.565. The Balaban J connectivity index is 2.88. The lowest BCUT2D eigenvalue weighted by atomic mass is 10.1. The van der Waals surface area contributed by atoms with Crippen molar-refractivity contribution in [2.45, 2.75) is 11.2 Å². The van der Waals surface area contributed by atoms with Crippen molar-refractivity contribution in [1.82, 2.24) is 0 Å². The number of hydrogen-bond acceptors (Lipinski definition) is 1. The molecule has 1 atom stereocenters.